The van der Waals surface area contributed by atoms with Crippen molar-refractivity contribution in [1.29, 1.82) is 0 Å². The van der Waals surface area contributed by atoms with Gasteiger partial charge in [0.1, 0.15) is 11.5 Å². The van der Waals surface area contributed by atoms with Gasteiger partial charge in [0.05, 0.1) is 12.0 Å². The lowest BCUT2D eigenvalue weighted by molar-refractivity contribution is -0.128. The van der Waals surface area contributed by atoms with Crippen LogP contribution in [0.2, 0.25) is 0 Å². The molecule has 6 rings (SSSR count). The standard InChI is InChI=1S/C38H42N2O3/c1-7-8-9-12-25-16-18-26(19-17-25)34(41)32-33(35(42)37(4,5)6)40-30-20-15-23(2)21-27(30)24(3)22-31(40)38(32)28-13-10-11-14-29(28)39-36(38)43/h10-11,13-22,31-33H,7-9,12H2,1-6H3,(H,39,43)/t31-,32+,33-,38-/m1/s1. The van der Waals surface area contributed by atoms with E-state index >= 15 is 0 Å². The number of amides is 1. The average molecular weight is 575 g/mol. The van der Waals surface area contributed by atoms with Gasteiger partial charge in [0, 0.05) is 27.9 Å². The second kappa shape index (κ2) is 10.6. The maximum absolute atomic E-state index is 15.0. The summed E-state index contributed by atoms with van der Waals surface area (Å²) in [4.78, 5) is 46.3. The van der Waals surface area contributed by atoms with Crippen molar-refractivity contribution in [2.24, 2.45) is 11.3 Å². The Morgan fingerprint density at radius 2 is 1.67 bits per heavy atom. The van der Waals surface area contributed by atoms with Gasteiger partial charge in [0.25, 0.3) is 0 Å². The molecule has 222 valence electrons. The van der Waals surface area contributed by atoms with Crippen LogP contribution < -0.4 is 10.2 Å². The number of ketones is 2. The number of Topliss-reactive ketones (excluding diaryl/α,β-unsaturated/α-hetero) is 2. The van der Waals surface area contributed by atoms with E-state index < -0.39 is 28.8 Å². The van der Waals surface area contributed by atoms with Gasteiger partial charge in [0.2, 0.25) is 5.91 Å². The molecular weight excluding hydrogens is 532 g/mol. The number of benzene rings is 3. The van der Waals surface area contributed by atoms with Crippen molar-refractivity contribution in [2.75, 3.05) is 10.2 Å². The van der Waals surface area contributed by atoms with Gasteiger partial charge in [-0.25, -0.2) is 0 Å². The number of hydrogen-bond acceptors (Lipinski definition) is 4. The summed E-state index contributed by atoms with van der Waals surface area (Å²) in [7, 11) is 0. The zero-order valence-corrected chi connectivity index (χ0v) is 26.2. The van der Waals surface area contributed by atoms with Crippen LogP contribution in [0.15, 0.2) is 72.8 Å². The summed E-state index contributed by atoms with van der Waals surface area (Å²) in [5.41, 5.74) is 5.31. The van der Waals surface area contributed by atoms with Gasteiger partial charge in [-0.05, 0) is 61.6 Å². The third-order valence-corrected chi connectivity index (χ3v) is 9.73. The predicted molar refractivity (Wildman–Crippen MR) is 174 cm³/mol. The number of rotatable bonds is 7. The topological polar surface area (TPSA) is 66.5 Å². The lowest BCUT2D eigenvalue weighted by Gasteiger charge is -2.40. The largest absolute Gasteiger partial charge is 0.352 e. The van der Waals surface area contributed by atoms with Gasteiger partial charge < -0.3 is 10.2 Å². The molecule has 0 aliphatic carbocycles. The fraction of sp³-hybridized carbons (Fsp3) is 0.395. The van der Waals surface area contributed by atoms with E-state index in [1.165, 1.54) is 12.0 Å². The highest BCUT2D eigenvalue weighted by Gasteiger charge is 2.71. The summed E-state index contributed by atoms with van der Waals surface area (Å²) in [6.45, 7) is 12.0. The lowest BCUT2D eigenvalue weighted by atomic mass is 9.63. The molecule has 3 heterocycles. The quantitative estimate of drug-likeness (QED) is 0.232. The molecule has 1 spiro atoms. The van der Waals surface area contributed by atoms with E-state index in [1.54, 1.807) is 0 Å². The summed E-state index contributed by atoms with van der Waals surface area (Å²) < 4.78 is 0. The van der Waals surface area contributed by atoms with E-state index in [2.05, 4.69) is 55.3 Å². The van der Waals surface area contributed by atoms with E-state index in [0.717, 1.165) is 47.2 Å². The van der Waals surface area contributed by atoms with Crippen molar-refractivity contribution in [3.63, 3.8) is 0 Å². The normalized spacial score (nSPS) is 23.9. The summed E-state index contributed by atoms with van der Waals surface area (Å²) in [5.74, 6) is -1.35. The number of allylic oxidation sites excluding steroid dienone is 1. The molecule has 3 aliphatic heterocycles. The smallest absolute Gasteiger partial charge is 0.238 e. The Balaban J connectivity index is 1.59. The Hall–Kier alpha value is -3.99. The van der Waals surface area contributed by atoms with Crippen molar-refractivity contribution >= 4 is 34.4 Å². The first-order valence-corrected chi connectivity index (χ1v) is 15.7. The predicted octanol–water partition coefficient (Wildman–Crippen LogP) is 7.71. The first-order chi connectivity index (χ1) is 20.5. The van der Waals surface area contributed by atoms with Crippen LogP contribution in [0, 0.1) is 18.3 Å². The summed E-state index contributed by atoms with van der Waals surface area (Å²) in [6.07, 6.45) is 6.52. The molecule has 0 aromatic heterocycles. The molecule has 1 saturated heterocycles. The molecule has 5 nitrogen and oxygen atoms in total. The van der Waals surface area contributed by atoms with E-state index in [1.807, 2.05) is 69.3 Å². The molecule has 1 fully saturated rings. The van der Waals surface area contributed by atoms with E-state index in [4.69, 9.17) is 0 Å². The third kappa shape index (κ3) is 4.47. The van der Waals surface area contributed by atoms with Crippen molar-refractivity contribution < 1.29 is 14.4 Å². The Labute approximate surface area is 255 Å². The van der Waals surface area contributed by atoms with Crippen molar-refractivity contribution in [3.8, 4) is 0 Å². The molecule has 1 amide bonds. The second-order valence-corrected chi connectivity index (χ2v) is 13.6. The first-order valence-electron chi connectivity index (χ1n) is 15.7. The SMILES string of the molecule is CCCCCc1ccc(C(=O)[C@@H]2[C@H](C(=O)C(C)(C)C)N3c4ccc(C)cc4C(C)=C[C@@H]3[C@@]23C(=O)Nc2ccccc23)cc1. The van der Waals surface area contributed by atoms with Crippen molar-refractivity contribution in [3.05, 3.63) is 101 Å². The molecule has 43 heavy (non-hydrogen) atoms. The first kappa shape index (κ1) is 29.1. The molecule has 0 saturated carbocycles. The molecule has 1 N–H and O–H groups in total. The second-order valence-electron chi connectivity index (χ2n) is 13.6. The van der Waals surface area contributed by atoms with Gasteiger partial charge in [-0.1, -0.05) is 101 Å². The zero-order chi connectivity index (χ0) is 30.7. The van der Waals surface area contributed by atoms with Gasteiger partial charge >= 0.3 is 0 Å². The number of aryl methyl sites for hydroxylation is 2. The summed E-state index contributed by atoms with van der Waals surface area (Å²) >= 11 is 0. The van der Waals surface area contributed by atoms with Gasteiger partial charge in [0.15, 0.2) is 11.6 Å². The van der Waals surface area contributed by atoms with Crippen molar-refractivity contribution in [1.82, 2.24) is 0 Å². The Morgan fingerprint density at radius 1 is 0.953 bits per heavy atom. The molecule has 0 unspecified atom stereocenters. The van der Waals surface area contributed by atoms with Gasteiger partial charge in [-0.2, -0.15) is 0 Å². The molecule has 4 atom stereocenters. The van der Waals surface area contributed by atoms with Crippen LogP contribution in [-0.2, 0) is 21.4 Å². The van der Waals surface area contributed by atoms with Crippen LogP contribution in [-0.4, -0.2) is 29.6 Å². The summed E-state index contributed by atoms with van der Waals surface area (Å²) in [6, 6.07) is 20.4. The zero-order valence-electron chi connectivity index (χ0n) is 26.2. The Morgan fingerprint density at radius 3 is 2.37 bits per heavy atom. The van der Waals surface area contributed by atoms with Crippen LogP contribution in [0.5, 0.6) is 0 Å². The van der Waals surface area contributed by atoms with Crippen molar-refractivity contribution in [2.45, 2.75) is 84.7 Å². The minimum atomic E-state index is -1.27. The van der Waals surface area contributed by atoms with E-state index in [9.17, 15) is 14.4 Å². The molecule has 0 bridgehead atoms. The lowest BCUT2D eigenvalue weighted by Crippen LogP contribution is -2.51. The number of nitrogens with one attached hydrogen (secondary N) is 1. The molecule has 5 heteroatoms. The molecule has 0 radical (unpaired) electrons. The minimum absolute atomic E-state index is 0.0411. The molecule has 3 aliphatic rings. The number of unbranched alkanes of at least 4 members (excludes halogenated alkanes) is 2. The summed E-state index contributed by atoms with van der Waals surface area (Å²) in [5, 5.41) is 3.13. The monoisotopic (exact) mass is 574 g/mol. The van der Waals surface area contributed by atoms with E-state index in [0.29, 0.717) is 11.3 Å². The van der Waals surface area contributed by atoms with Crippen LogP contribution >= 0.6 is 0 Å². The number of nitrogens with zero attached hydrogens (tertiary/aromatic N) is 1. The number of carbonyl (C=O) groups excluding carboxylic acids is 3. The number of carbonyl (C=O) groups is 3. The minimum Gasteiger partial charge on any atom is -0.352 e. The number of anilines is 2. The van der Waals surface area contributed by atoms with Gasteiger partial charge in [-0.15, -0.1) is 0 Å². The molecular formula is C38H42N2O3. The Bertz CT molecular complexity index is 1640. The highest BCUT2D eigenvalue weighted by atomic mass is 16.2. The van der Waals surface area contributed by atoms with Crippen LogP contribution in [0.1, 0.15) is 86.5 Å². The fourth-order valence-corrected chi connectivity index (χ4v) is 7.58. The Kier molecular flexibility index (Phi) is 7.19. The molecule has 3 aromatic rings. The fourth-order valence-electron chi connectivity index (χ4n) is 7.58. The molecule has 3 aromatic carbocycles. The maximum atomic E-state index is 15.0. The number of fused-ring (bicyclic) bond motifs is 6. The van der Waals surface area contributed by atoms with Crippen LogP contribution in [0.3, 0.4) is 0 Å². The van der Waals surface area contributed by atoms with Gasteiger partial charge in [-0.3, -0.25) is 14.4 Å². The maximum Gasteiger partial charge on any atom is 0.238 e. The van der Waals surface area contributed by atoms with Crippen LogP contribution in [0.25, 0.3) is 5.57 Å². The number of hydrogen-bond donors (Lipinski definition) is 1. The average Bonchev–Trinajstić information content (AvgIpc) is 3.44. The third-order valence-electron chi connectivity index (χ3n) is 9.73. The van der Waals surface area contributed by atoms with E-state index in [-0.39, 0.29) is 17.5 Å². The highest BCUT2D eigenvalue weighted by molar-refractivity contribution is 6.17. The highest BCUT2D eigenvalue weighted by Crippen LogP contribution is 2.59. The van der Waals surface area contributed by atoms with Crippen LogP contribution in [0.4, 0.5) is 11.4 Å². The number of para-hydroxylation sites is 1.